The lowest BCUT2D eigenvalue weighted by molar-refractivity contribution is -0.634. The summed E-state index contributed by atoms with van der Waals surface area (Å²) < 4.78 is 10.5. The molecule has 1 aliphatic rings. The first-order chi connectivity index (χ1) is 14.9. The molecule has 0 saturated heterocycles. The van der Waals surface area contributed by atoms with E-state index in [1.165, 1.54) is 12.0 Å². The maximum Gasteiger partial charge on any atom is 0.348 e. The topological polar surface area (TPSA) is 35.1 Å². The van der Waals surface area contributed by atoms with Crippen molar-refractivity contribution in [2.75, 3.05) is 0 Å². The van der Waals surface area contributed by atoms with Gasteiger partial charge in [-0.05, 0) is 61.3 Å². The first kappa shape index (κ1) is 24.7. The zero-order valence-corrected chi connectivity index (χ0v) is 22.0. The van der Waals surface area contributed by atoms with Crippen molar-refractivity contribution in [2.45, 2.75) is 59.6 Å². The number of halogens is 1. The smallest absolute Gasteiger partial charge is 0.348 e. The Kier molecular flexibility index (Phi) is 8.01. The molecule has 4 nitrogen and oxygen atoms in total. The summed E-state index contributed by atoms with van der Waals surface area (Å²) in [6, 6.07) is 16.6. The van der Waals surface area contributed by atoms with E-state index in [2.05, 4.69) is 80.3 Å². The lowest BCUT2D eigenvalue weighted by Gasteiger charge is -2.36. The van der Waals surface area contributed by atoms with Crippen LogP contribution < -0.4 is 28.5 Å². The van der Waals surface area contributed by atoms with Crippen LogP contribution in [-0.4, -0.2) is 16.6 Å². The summed E-state index contributed by atoms with van der Waals surface area (Å²) in [6.07, 6.45) is 3.37. The van der Waals surface area contributed by atoms with Gasteiger partial charge < -0.3 is 28.7 Å². The molecule has 1 aliphatic carbocycles. The number of para-hydroxylation sites is 2. The largest absolute Gasteiger partial charge is 1.00 e. The SMILES string of the molecule is Cc1ccccc1-c1n(CC(=O)OC2C[C@H](C)CC[C@H]2C(C)C)c2ccccc2[n+]1C.[I-]. The Morgan fingerprint density at radius 3 is 2.53 bits per heavy atom. The van der Waals surface area contributed by atoms with Gasteiger partial charge in [0.1, 0.15) is 6.10 Å². The number of rotatable bonds is 5. The Bertz CT molecular complexity index is 1090. The monoisotopic (exact) mass is 546 g/mol. The number of ether oxygens (including phenoxy) is 1. The van der Waals surface area contributed by atoms with E-state index >= 15 is 0 Å². The van der Waals surface area contributed by atoms with Gasteiger partial charge in [-0.3, -0.25) is 0 Å². The number of imidazole rings is 1. The van der Waals surface area contributed by atoms with Gasteiger partial charge in [0.15, 0.2) is 17.6 Å². The molecule has 2 aromatic carbocycles. The van der Waals surface area contributed by atoms with Crippen LogP contribution in [0.2, 0.25) is 0 Å². The molecule has 0 N–H and O–H groups in total. The first-order valence-electron chi connectivity index (χ1n) is 11.6. The van der Waals surface area contributed by atoms with Crippen LogP contribution in [0.4, 0.5) is 0 Å². The number of benzene rings is 2. The molecule has 1 aromatic heterocycles. The summed E-state index contributed by atoms with van der Waals surface area (Å²) >= 11 is 0. The fourth-order valence-corrected chi connectivity index (χ4v) is 5.28. The van der Waals surface area contributed by atoms with Crippen molar-refractivity contribution in [3.63, 3.8) is 0 Å². The van der Waals surface area contributed by atoms with Gasteiger partial charge in [-0.2, -0.15) is 0 Å². The molecule has 32 heavy (non-hydrogen) atoms. The molecule has 4 rings (SSSR count). The first-order valence-corrected chi connectivity index (χ1v) is 11.6. The summed E-state index contributed by atoms with van der Waals surface area (Å²) in [6.45, 7) is 9.11. The van der Waals surface area contributed by atoms with Crippen LogP contribution in [0.3, 0.4) is 0 Å². The van der Waals surface area contributed by atoms with Gasteiger partial charge in [-0.1, -0.05) is 57.5 Å². The van der Waals surface area contributed by atoms with Crippen LogP contribution in [0.15, 0.2) is 48.5 Å². The van der Waals surface area contributed by atoms with Gasteiger partial charge in [0.2, 0.25) is 0 Å². The average molecular weight is 546 g/mol. The van der Waals surface area contributed by atoms with Crippen LogP contribution in [0.5, 0.6) is 0 Å². The predicted molar refractivity (Wildman–Crippen MR) is 125 cm³/mol. The zero-order chi connectivity index (χ0) is 22.1. The molecule has 1 saturated carbocycles. The zero-order valence-electron chi connectivity index (χ0n) is 19.8. The van der Waals surface area contributed by atoms with Crippen molar-refractivity contribution in [2.24, 2.45) is 24.8 Å². The third-order valence-corrected chi connectivity index (χ3v) is 7.02. The van der Waals surface area contributed by atoms with Crippen molar-refractivity contribution in [3.8, 4) is 11.4 Å². The minimum absolute atomic E-state index is 0. The highest BCUT2D eigenvalue weighted by Crippen LogP contribution is 2.35. The standard InChI is InChI=1S/C27H35N2O2.HI/c1-18(2)21-15-14-19(3)16-25(21)31-26(30)17-29-24-13-9-8-12-23(24)28(5)27(29)22-11-7-6-10-20(22)4;/h6-13,18-19,21,25H,14-17H2,1-5H3;1H/q+1;/p-1/t19-,21+,25?;/m1./s1. The molecule has 0 bridgehead atoms. The highest BCUT2D eigenvalue weighted by Gasteiger charge is 2.34. The van der Waals surface area contributed by atoms with E-state index in [1.807, 2.05) is 12.1 Å². The van der Waals surface area contributed by atoms with Crippen molar-refractivity contribution in [1.82, 2.24) is 4.57 Å². The highest BCUT2D eigenvalue weighted by atomic mass is 127. The van der Waals surface area contributed by atoms with E-state index in [9.17, 15) is 4.79 Å². The Morgan fingerprint density at radius 1 is 1.12 bits per heavy atom. The van der Waals surface area contributed by atoms with E-state index in [0.717, 1.165) is 35.3 Å². The van der Waals surface area contributed by atoms with E-state index < -0.39 is 0 Å². The van der Waals surface area contributed by atoms with Crippen molar-refractivity contribution in [3.05, 3.63) is 54.1 Å². The number of carbonyl (C=O) groups is 1. The number of esters is 1. The summed E-state index contributed by atoms with van der Waals surface area (Å²) in [5.74, 6) is 2.49. The molecule has 5 heteroatoms. The number of aryl methyl sites for hydroxylation is 2. The lowest BCUT2D eigenvalue weighted by Crippen LogP contribution is -3.00. The number of fused-ring (bicyclic) bond motifs is 1. The van der Waals surface area contributed by atoms with E-state index in [-0.39, 0.29) is 42.6 Å². The van der Waals surface area contributed by atoms with Crippen LogP contribution in [0, 0.1) is 24.7 Å². The van der Waals surface area contributed by atoms with Crippen LogP contribution in [0.1, 0.15) is 45.6 Å². The minimum atomic E-state index is -0.138. The molecule has 1 unspecified atom stereocenters. The third-order valence-electron chi connectivity index (χ3n) is 7.02. The number of hydrogen-bond donors (Lipinski definition) is 0. The Hall–Kier alpha value is -1.89. The van der Waals surface area contributed by atoms with Gasteiger partial charge in [-0.15, -0.1) is 0 Å². The average Bonchev–Trinajstić information content (AvgIpc) is 3.00. The Labute approximate surface area is 209 Å². The number of carbonyl (C=O) groups excluding carboxylic acids is 1. The van der Waals surface area contributed by atoms with E-state index in [1.54, 1.807) is 0 Å². The molecule has 0 radical (unpaired) electrons. The third kappa shape index (κ3) is 4.87. The van der Waals surface area contributed by atoms with Crippen molar-refractivity contribution >= 4 is 17.0 Å². The Balaban J connectivity index is 0.00000289. The van der Waals surface area contributed by atoms with E-state index in [4.69, 9.17) is 4.74 Å². The van der Waals surface area contributed by atoms with Crippen LogP contribution >= 0.6 is 0 Å². The molecule has 172 valence electrons. The molecule has 1 heterocycles. The van der Waals surface area contributed by atoms with Gasteiger partial charge >= 0.3 is 5.97 Å². The maximum absolute atomic E-state index is 13.2. The molecule has 0 spiro atoms. The maximum atomic E-state index is 13.2. The Morgan fingerprint density at radius 2 is 1.81 bits per heavy atom. The highest BCUT2D eigenvalue weighted by molar-refractivity contribution is 5.80. The fraction of sp³-hybridized carbons (Fsp3) is 0.481. The van der Waals surface area contributed by atoms with Gasteiger partial charge in [-0.25, -0.2) is 13.9 Å². The van der Waals surface area contributed by atoms with Crippen molar-refractivity contribution in [1.29, 1.82) is 0 Å². The predicted octanol–water partition coefficient (Wildman–Crippen LogP) is 2.45. The summed E-state index contributed by atoms with van der Waals surface area (Å²) in [4.78, 5) is 13.2. The molecule has 3 atom stereocenters. The van der Waals surface area contributed by atoms with Crippen molar-refractivity contribution < 1.29 is 38.1 Å². The second-order valence-electron chi connectivity index (χ2n) is 9.63. The number of nitrogens with zero attached hydrogens (tertiary/aromatic N) is 2. The molecule has 3 aromatic rings. The molecule has 1 fully saturated rings. The quantitative estimate of drug-likeness (QED) is 0.280. The summed E-state index contributed by atoms with van der Waals surface area (Å²) in [5.41, 5.74) is 4.49. The van der Waals surface area contributed by atoms with Crippen LogP contribution in [-0.2, 0) is 23.1 Å². The van der Waals surface area contributed by atoms with Crippen LogP contribution in [0.25, 0.3) is 22.4 Å². The molecule has 0 amide bonds. The molecule has 0 aliphatic heterocycles. The summed E-state index contributed by atoms with van der Waals surface area (Å²) in [7, 11) is 2.07. The molecular formula is C27H35IN2O2. The second kappa shape index (κ2) is 10.4. The van der Waals surface area contributed by atoms with Gasteiger partial charge in [0.25, 0.3) is 5.82 Å². The lowest BCUT2D eigenvalue weighted by atomic mass is 9.75. The second-order valence-corrected chi connectivity index (χ2v) is 9.63. The summed E-state index contributed by atoms with van der Waals surface area (Å²) in [5, 5.41) is 0. The minimum Gasteiger partial charge on any atom is -1.00 e. The normalized spacial score (nSPS) is 20.9. The number of aromatic nitrogens is 2. The molecular weight excluding hydrogens is 511 g/mol. The van der Waals surface area contributed by atoms with Gasteiger partial charge in [0, 0.05) is 0 Å². The number of hydrogen-bond acceptors (Lipinski definition) is 2. The van der Waals surface area contributed by atoms with Gasteiger partial charge in [0.05, 0.1) is 12.6 Å². The fourth-order valence-electron chi connectivity index (χ4n) is 5.28. The van der Waals surface area contributed by atoms with E-state index in [0.29, 0.717) is 17.8 Å².